The van der Waals surface area contributed by atoms with E-state index in [1.54, 1.807) is 0 Å². The highest BCUT2D eigenvalue weighted by Crippen LogP contribution is 2.32. The van der Waals surface area contributed by atoms with E-state index in [1.807, 2.05) is 0 Å². The Labute approximate surface area is 91.9 Å². The van der Waals surface area contributed by atoms with E-state index in [0.29, 0.717) is 5.82 Å². The lowest BCUT2D eigenvalue weighted by molar-refractivity contribution is -0.141. The van der Waals surface area contributed by atoms with Gasteiger partial charge in [0.25, 0.3) is 0 Å². The first-order valence-electron chi connectivity index (χ1n) is 5.47. The molecule has 0 N–H and O–H groups in total. The summed E-state index contributed by atoms with van der Waals surface area (Å²) in [6.07, 6.45) is 1.93. The van der Waals surface area contributed by atoms with Crippen LogP contribution in [-0.4, -0.2) is 9.97 Å². The smallest absolute Gasteiger partial charge is 0.241 e. The first-order chi connectivity index (χ1) is 7.57. The zero-order valence-corrected chi connectivity index (χ0v) is 8.80. The number of hydrogen-bond donors (Lipinski definition) is 0. The highest BCUT2D eigenvalue weighted by atomic mass is 19.4. The van der Waals surface area contributed by atoms with Gasteiger partial charge in [-0.15, -0.1) is 0 Å². The van der Waals surface area contributed by atoms with Crippen molar-refractivity contribution >= 4 is 0 Å². The van der Waals surface area contributed by atoms with Gasteiger partial charge in [-0.3, -0.25) is 0 Å². The standard InChI is InChI=1S/C11H13F3N2/c12-11(13,14)9-6-7-15-10(16-9)8-4-2-1-3-5-8/h6-8H,1-5H2. The Bertz CT molecular complexity index is 356. The summed E-state index contributed by atoms with van der Waals surface area (Å²) < 4.78 is 37.3. The lowest BCUT2D eigenvalue weighted by atomic mass is 9.88. The van der Waals surface area contributed by atoms with Gasteiger partial charge in [-0.1, -0.05) is 19.3 Å². The van der Waals surface area contributed by atoms with Crippen molar-refractivity contribution in [2.45, 2.75) is 44.2 Å². The van der Waals surface area contributed by atoms with Crippen molar-refractivity contribution in [1.82, 2.24) is 9.97 Å². The maximum Gasteiger partial charge on any atom is 0.433 e. The highest BCUT2D eigenvalue weighted by molar-refractivity contribution is 5.09. The third-order valence-electron chi connectivity index (χ3n) is 2.93. The van der Waals surface area contributed by atoms with E-state index in [-0.39, 0.29) is 5.92 Å². The van der Waals surface area contributed by atoms with Crippen LogP contribution < -0.4 is 0 Å². The molecule has 0 aliphatic heterocycles. The summed E-state index contributed by atoms with van der Waals surface area (Å²) in [6, 6.07) is 0.923. The fourth-order valence-electron chi connectivity index (χ4n) is 2.09. The molecule has 0 bridgehead atoms. The zero-order chi connectivity index (χ0) is 11.6. The Morgan fingerprint density at radius 1 is 1.12 bits per heavy atom. The van der Waals surface area contributed by atoms with Gasteiger partial charge in [0, 0.05) is 12.1 Å². The second-order valence-electron chi connectivity index (χ2n) is 4.13. The van der Waals surface area contributed by atoms with E-state index < -0.39 is 11.9 Å². The maximum absolute atomic E-state index is 12.4. The van der Waals surface area contributed by atoms with Gasteiger partial charge in [-0.2, -0.15) is 13.2 Å². The van der Waals surface area contributed by atoms with Gasteiger partial charge in [-0.05, 0) is 18.9 Å². The molecule has 0 spiro atoms. The minimum atomic E-state index is -4.37. The SMILES string of the molecule is FC(F)(F)c1ccnc(C2CCCCC2)n1. The molecule has 88 valence electrons. The van der Waals surface area contributed by atoms with Crippen molar-refractivity contribution in [3.05, 3.63) is 23.8 Å². The molecule has 1 aromatic heterocycles. The van der Waals surface area contributed by atoms with E-state index in [0.717, 1.165) is 38.2 Å². The average molecular weight is 230 g/mol. The maximum atomic E-state index is 12.4. The molecule has 0 amide bonds. The van der Waals surface area contributed by atoms with Crippen LogP contribution in [0, 0.1) is 0 Å². The summed E-state index contributed by atoms with van der Waals surface area (Å²) in [5, 5.41) is 0. The molecular formula is C11H13F3N2. The van der Waals surface area contributed by atoms with Gasteiger partial charge in [0.2, 0.25) is 0 Å². The Kier molecular flexibility index (Phi) is 3.12. The number of hydrogen-bond acceptors (Lipinski definition) is 2. The fraction of sp³-hybridized carbons (Fsp3) is 0.636. The molecule has 0 aromatic carbocycles. The van der Waals surface area contributed by atoms with Crippen molar-refractivity contribution in [1.29, 1.82) is 0 Å². The highest BCUT2D eigenvalue weighted by Gasteiger charge is 2.33. The summed E-state index contributed by atoms with van der Waals surface area (Å²) >= 11 is 0. The lowest BCUT2D eigenvalue weighted by Crippen LogP contribution is -2.14. The van der Waals surface area contributed by atoms with Gasteiger partial charge in [0.05, 0.1) is 0 Å². The molecule has 1 fully saturated rings. The molecule has 0 radical (unpaired) electrons. The predicted octanol–water partition coefficient (Wildman–Crippen LogP) is 3.54. The van der Waals surface area contributed by atoms with Crippen LogP contribution in [0.4, 0.5) is 13.2 Å². The van der Waals surface area contributed by atoms with Gasteiger partial charge in [0.1, 0.15) is 11.5 Å². The van der Waals surface area contributed by atoms with Gasteiger partial charge >= 0.3 is 6.18 Å². The second kappa shape index (κ2) is 4.39. The first kappa shape index (κ1) is 11.4. The van der Waals surface area contributed by atoms with E-state index >= 15 is 0 Å². The van der Waals surface area contributed by atoms with Crippen LogP contribution in [0.15, 0.2) is 12.3 Å². The zero-order valence-electron chi connectivity index (χ0n) is 8.80. The molecule has 1 aliphatic rings. The molecule has 1 aliphatic carbocycles. The fourth-order valence-corrected chi connectivity index (χ4v) is 2.09. The summed E-state index contributed by atoms with van der Waals surface area (Å²) in [4.78, 5) is 7.60. The van der Waals surface area contributed by atoms with Crippen LogP contribution in [-0.2, 0) is 6.18 Å². The molecule has 2 nitrogen and oxygen atoms in total. The van der Waals surface area contributed by atoms with Crippen molar-refractivity contribution in [2.24, 2.45) is 0 Å². The summed E-state index contributed by atoms with van der Waals surface area (Å²) in [6.45, 7) is 0. The molecule has 0 atom stereocenters. The van der Waals surface area contributed by atoms with Gasteiger partial charge < -0.3 is 0 Å². The number of aromatic nitrogens is 2. The first-order valence-corrected chi connectivity index (χ1v) is 5.47. The minimum absolute atomic E-state index is 0.107. The van der Waals surface area contributed by atoms with Crippen LogP contribution in [0.2, 0.25) is 0 Å². The monoisotopic (exact) mass is 230 g/mol. The molecule has 0 saturated heterocycles. The van der Waals surface area contributed by atoms with Gasteiger partial charge in [-0.25, -0.2) is 9.97 Å². The molecular weight excluding hydrogens is 217 g/mol. The Morgan fingerprint density at radius 2 is 1.81 bits per heavy atom. The molecule has 1 heterocycles. The Balaban J connectivity index is 2.21. The van der Waals surface area contributed by atoms with Gasteiger partial charge in [0.15, 0.2) is 0 Å². The lowest BCUT2D eigenvalue weighted by Gasteiger charge is -2.20. The number of rotatable bonds is 1. The van der Waals surface area contributed by atoms with E-state index in [1.165, 1.54) is 6.20 Å². The molecule has 1 aromatic rings. The Hall–Kier alpha value is -1.13. The van der Waals surface area contributed by atoms with Crippen LogP contribution in [0.5, 0.6) is 0 Å². The van der Waals surface area contributed by atoms with Crippen LogP contribution in [0.1, 0.15) is 49.5 Å². The summed E-state index contributed by atoms with van der Waals surface area (Å²) in [5.74, 6) is 0.463. The minimum Gasteiger partial charge on any atom is -0.241 e. The summed E-state index contributed by atoms with van der Waals surface area (Å²) in [5.41, 5.74) is -0.830. The Morgan fingerprint density at radius 3 is 2.44 bits per heavy atom. The van der Waals surface area contributed by atoms with Crippen molar-refractivity contribution in [3.63, 3.8) is 0 Å². The third kappa shape index (κ3) is 2.51. The van der Waals surface area contributed by atoms with Crippen molar-refractivity contribution < 1.29 is 13.2 Å². The van der Waals surface area contributed by atoms with Crippen LogP contribution in [0.3, 0.4) is 0 Å². The van der Waals surface area contributed by atoms with E-state index in [9.17, 15) is 13.2 Å². The van der Waals surface area contributed by atoms with E-state index in [2.05, 4.69) is 9.97 Å². The van der Waals surface area contributed by atoms with Crippen molar-refractivity contribution in [2.75, 3.05) is 0 Å². The number of alkyl halides is 3. The van der Waals surface area contributed by atoms with Crippen molar-refractivity contribution in [3.8, 4) is 0 Å². The molecule has 1 saturated carbocycles. The third-order valence-corrected chi connectivity index (χ3v) is 2.93. The quantitative estimate of drug-likeness (QED) is 0.737. The molecule has 0 unspecified atom stereocenters. The number of nitrogens with zero attached hydrogens (tertiary/aromatic N) is 2. The normalized spacial score (nSPS) is 18.7. The molecule has 16 heavy (non-hydrogen) atoms. The molecule has 2 rings (SSSR count). The largest absolute Gasteiger partial charge is 0.433 e. The van der Waals surface area contributed by atoms with E-state index in [4.69, 9.17) is 0 Å². The summed E-state index contributed by atoms with van der Waals surface area (Å²) in [7, 11) is 0. The van der Waals surface area contributed by atoms with Crippen LogP contribution >= 0.6 is 0 Å². The second-order valence-corrected chi connectivity index (χ2v) is 4.13. The average Bonchev–Trinajstić information content (AvgIpc) is 2.29. The predicted molar refractivity (Wildman–Crippen MR) is 52.9 cm³/mol. The van der Waals surface area contributed by atoms with Crippen LogP contribution in [0.25, 0.3) is 0 Å². The topological polar surface area (TPSA) is 25.8 Å². The number of halogens is 3. The molecule has 5 heteroatoms.